The molecule has 2 rings (SSSR count). The molecule has 19 heavy (non-hydrogen) atoms. The van der Waals surface area contributed by atoms with Crippen molar-refractivity contribution in [3.63, 3.8) is 0 Å². The third-order valence-electron chi connectivity index (χ3n) is 3.63. The summed E-state index contributed by atoms with van der Waals surface area (Å²) in [6.07, 6.45) is 0.740. The Morgan fingerprint density at radius 2 is 2.21 bits per heavy atom. The molecule has 102 valence electrons. The van der Waals surface area contributed by atoms with Crippen LogP contribution in [0.3, 0.4) is 0 Å². The van der Waals surface area contributed by atoms with Gasteiger partial charge in [-0.05, 0) is 23.8 Å². The van der Waals surface area contributed by atoms with Gasteiger partial charge in [0.05, 0.1) is 26.4 Å². The summed E-state index contributed by atoms with van der Waals surface area (Å²) in [6.45, 7) is 1.96. The summed E-state index contributed by atoms with van der Waals surface area (Å²) in [5.41, 5.74) is 1.96. The number of carbonyl (C=O) groups excluding carboxylic acids is 1. The van der Waals surface area contributed by atoms with Gasteiger partial charge in [-0.1, -0.05) is 12.1 Å². The molecule has 0 fully saturated rings. The molecule has 0 bridgehead atoms. The lowest BCUT2D eigenvalue weighted by Crippen LogP contribution is -2.24. The monoisotopic (exact) mass is 263 g/mol. The second kappa shape index (κ2) is 4.91. The number of benzene rings is 1. The Bertz CT molecular complexity index is 538. The lowest BCUT2D eigenvalue weighted by Gasteiger charge is -2.23. The molecule has 1 aromatic carbocycles. The maximum atomic E-state index is 11.6. The fourth-order valence-corrected chi connectivity index (χ4v) is 2.60. The SMILES string of the molecule is COC(=O)CC1(C)C/C(=N\O)c2ccc(OC)cc21. The van der Waals surface area contributed by atoms with E-state index in [-0.39, 0.29) is 12.4 Å². The summed E-state index contributed by atoms with van der Waals surface area (Å²) in [4.78, 5) is 11.6. The summed E-state index contributed by atoms with van der Waals surface area (Å²) < 4.78 is 9.96. The Hall–Kier alpha value is -2.04. The molecule has 5 nitrogen and oxygen atoms in total. The van der Waals surface area contributed by atoms with Gasteiger partial charge in [-0.3, -0.25) is 4.79 Å². The molecule has 1 aromatic rings. The Labute approximate surface area is 111 Å². The minimum Gasteiger partial charge on any atom is -0.497 e. The molecule has 0 saturated carbocycles. The van der Waals surface area contributed by atoms with Crippen molar-refractivity contribution in [1.29, 1.82) is 0 Å². The zero-order chi connectivity index (χ0) is 14.0. The highest BCUT2D eigenvalue weighted by Gasteiger charge is 2.40. The van der Waals surface area contributed by atoms with E-state index in [2.05, 4.69) is 5.16 Å². The Morgan fingerprint density at radius 1 is 1.47 bits per heavy atom. The molecule has 0 radical (unpaired) electrons. The number of rotatable bonds is 3. The first kappa shape index (κ1) is 13.4. The number of fused-ring (bicyclic) bond motifs is 1. The van der Waals surface area contributed by atoms with Gasteiger partial charge in [0.1, 0.15) is 5.75 Å². The number of hydrogen-bond acceptors (Lipinski definition) is 5. The molecule has 1 N–H and O–H groups in total. The van der Waals surface area contributed by atoms with Crippen molar-refractivity contribution in [2.75, 3.05) is 14.2 Å². The maximum Gasteiger partial charge on any atom is 0.306 e. The normalized spacial score (nSPS) is 23.2. The topological polar surface area (TPSA) is 68.1 Å². The number of carbonyl (C=O) groups is 1. The van der Waals surface area contributed by atoms with Crippen LogP contribution in [0, 0.1) is 0 Å². The number of methoxy groups -OCH3 is 2. The van der Waals surface area contributed by atoms with Crippen LogP contribution in [-0.2, 0) is 14.9 Å². The Kier molecular flexibility index (Phi) is 3.46. The highest BCUT2D eigenvalue weighted by atomic mass is 16.5. The molecule has 0 saturated heterocycles. The van der Waals surface area contributed by atoms with Crippen molar-refractivity contribution in [2.24, 2.45) is 5.16 Å². The van der Waals surface area contributed by atoms with Gasteiger partial charge >= 0.3 is 5.97 Å². The lowest BCUT2D eigenvalue weighted by molar-refractivity contribution is -0.141. The third-order valence-corrected chi connectivity index (χ3v) is 3.63. The van der Waals surface area contributed by atoms with E-state index in [1.54, 1.807) is 7.11 Å². The number of esters is 1. The van der Waals surface area contributed by atoms with Gasteiger partial charge in [-0.2, -0.15) is 0 Å². The number of hydrogen-bond donors (Lipinski definition) is 1. The second-order valence-electron chi connectivity index (χ2n) is 4.95. The van der Waals surface area contributed by atoms with Gasteiger partial charge in [-0.25, -0.2) is 0 Å². The summed E-state index contributed by atoms with van der Waals surface area (Å²) in [5, 5.41) is 12.4. The fourth-order valence-electron chi connectivity index (χ4n) is 2.60. The van der Waals surface area contributed by atoms with Crippen LogP contribution in [0.1, 0.15) is 30.9 Å². The van der Waals surface area contributed by atoms with Crippen molar-refractivity contribution in [3.05, 3.63) is 29.3 Å². The van der Waals surface area contributed by atoms with Crippen molar-refractivity contribution in [3.8, 4) is 5.75 Å². The minimum absolute atomic E-state index is 0.239. The molecular weight excluding hydrogens is 246 g/mol. The van der Waals surface area contributed by atoms with Crippen LogP contribution in [-0.4, -0.2) is 31.1 Å². The lowest BCUT2D eigenvalue weighted by atomic mass is 9.81. The maximum absolute atomic E-state index is 11.6. The van der Waals surface area contributed by atoms with Crippen LogP contribution in [0.2, 0.25) is 0 Å². The number of nitrogens with zero attached hydrogens (tertiary/aromatic N) is 1. The van der Waals surface area contributed by atoms with Crippen LogP contribution in [0.25, 0.3) is 0 Å². The smallest absolute Gasteiger partial charge is 0.306 e. The molecule has 0 heterocycles. The van der Waals surface area contributed by atoms with Crippen molar-refractivity contribution in [1.82, 2.24) is 0 Å². The average Bonchev–Trinajstić information content (AvgIpc) is 2.71. The van der Waals surface area contributed by atoms with Gasteiger partial charge in [0.25, 0.3) is 0 Å². The van der Waals surface area contributed by atoms with E-state index in [4.69, 9.17) is 14.7 Å². The fraction of sp³-hybridized carbons (Fsp3) is 0.429. The van der Waals surface area contributed by atoms with Gasteiger partial charge in [-0.15, -0.1) is 0 Å². The molecule has 1 unspecified atom stereocenters. The summed E-state index contributed by atoms with van der Waals surface area (Å²) in [7, 11) is 2.96. The van der Waals surface area contributed by atoms with Crippen LogP contribution in [0.15, 0.2) is 23.4 Å². The molecule has 0 amide bonds. The molecule has 5 heteroatoms. The minimum atomic E-state index is -0.432. The Morgan fingerprint density at radius 3 is 2.79 bits per heavy atom. The number of ether oxygens (including phenoxy) is 2. The summed E-state index contributed by atoms with van der Waals surface area (Å²) in [6, 6.07) is 5.55. The van der Waals surface area contributed by atoms with Gasteiger partial charge in [0.15, 0.2) is 0 Å². The summed E-state index contributed by atoms with van der Waals surface area (Å²) in [5.74, 6) is 0.435. The van der Waals surface area contributed by atoms with E-state index in [9.17, 15) is 4.79 Å². The predicted molar refractivity (Wildman–Crippen MR) is 69.9 cm³/mol. The predicted octanol–water partition coefficient (Wildman–Crippen LogP) is 2.10. The largest absolute Gasteiger partial charge is 0.497 e. The van der Waals surface area contributed by atoms with Crippen molar-refractivity contribution >= 4 is 11.7 Å². The highest BCUT2D eigenvalue weighted by molar-refractivity contribution is 6.06. The zero-order valence-corrected chi connectivity index (χ0v) is 11.3. The molecule has 1 aliphatic carbocycles. The first-order valence-electron chi connectivity index (χ1n) is 6.00. The van der Waals surface area contributed by atoms with Crippen LogP contribution >= 0.6 is 0 Å². The standard InChI is InChI=1S/C14H17NO4/c1-14(8-13(16)19-3)7-12(15-17)10-5-4-9(18-2)6-11(10)14/h4-6,17H,7-8H2,1-3H3/b15-12+. The van der Waals surface area contributed by atoms with E-state index in [0.29, 0.717) is 17.9 Å². The van der Waals surface area contributed by atoms with Gasteiger partial charge in [0, 0.05) is 17.4 Å². The van der Waals surface area contributed by atoms with Crippen molar-refractivity contribution in [2.45, 2.75) is 25.2 Å². The first-order chi connectivity index (χ1) is 9.04. The van der Waals surface area contributed by atoms with E-state index in [0.717, 1.165) is 11.1 Å². The molecule has 0 aromatic heterocycles. The van der Waals surface area contributed by atoms with Crippen molar-refractivity contribution < 1.29 is 19.5 Å². The van der Waals surface area contributed by atoms with Crippen LogP contribution in [0.4, 0.5) is 0 Å². The molecule has 0 aliphatic heterocycles. The molecule has 0 spiro atoms. The van der Waals surface area contributed by atoms with Crippen LogP contribution < -0.4 is 4.74 Å². The van der Waals surface area contributed by atoms with Crippen LogP contribution in [0.5, 0.6) is 5.75 Å². The number of oxime groups is 1. The van der Waals surface area contributed by atoms with E-state index < -0.39 is 5.41 Å². The quantitative estimate of drug-likeness (QED) is 0.515. The molecule has 1 aliphatic rings. The molecular formula is C14H17NO4. The third kappa shape index (κ3) is 2.28. The van der Waals surface area contributed by atoms with E-state index >= 15 is 0 Å². The Balaban J connectivity index is 2.48. The van der Waals surface area contributed by atoms with Gasteiger partial charge < -0.3 is 14.7 Å². The molecule has 1 atom stereocenters. The average molecular weight is 263 g/mol. The first-order valence-corrected chi connectivity index (χ1v) is 6.00. The van der Waals surface area contributed by atoms with Gasteiger partial charge in [0.2, 0.25) is 0 Å². The second-order valence-corrected chi connectivity index (χ2v) is 4.95. The van der Waals surface area contributed by atoms with E-state index in [1.165, 1.54) is 7.11 Å². The van der Waals surface area contributed by atoms with E-state index in [1.807, 2.05) is 25.1 Å². The zero-order valence-electron chi connectivity index (χ0n) is 11.3. The summed E-state index contributed by atoms with van der Waals surface area (Å²) >= 11 is 0. The highest BCUT2D eigenvalue weighted by Crippen LogP contribution is 2.43.